The highest BCUT2D eigenvalue weighted by Gasteiger charge is 2.37. The topological polar surface area (TPSA) is 93.2 Å². The Morgan fingerprint density at radius 1 is 1.56 bits per heavy atom. The third-order valence-electron chi connectivity index (χ3n) is 3.62. The molecule has 100 valence electrons. The molecule has 1 aromatic rings. The van der Waals surface area contributed by atoms with E-state index in [0.717, 1.165) is 25.7 Å². The fraction of sp³-hybridized carbons (Fsp3) is 0.727. The molecule has 2 N–H and O–H groups in total. The molecule has 7 heteroatoms. The van der Waals surface area contributed by atoms with Crippen LogP contribution in [-0.4, -0.2) is 32.0 Å². The van der Waals surface area contributed by atoms with Gasteiger partial charge in [-0.2, -0.15) is 5.10 Å². The highest BCUT2D eigenvalue weighted by Crippen LogP contribution is 2.36. The molecule has 1 aliphatic carbocycles. The summed E-state index contributed by atoms with van der Waals surface area (Å²) in [5.41, 5.74) is -0.0568. The van der Waals surface area contributed by atoms with E-state index in [-0.39, 0.29) is 12.3 Å². The van der Waals surface area contributed by atoms with E-state index in [4.69, 9.17) is 0 Å². The maximum atomic E-state index is 11.1. The minimum Gasteiger partial charge on any atom is -0.394 e. The highest BCUT2D eigenvalue weighted by molar-refractivity contribution is 5.60. The smallest absolute Gasteiger partial charge is 0.333 e. The van der Waals surface area contributed by atoms with Crippen molar-refractivity contribution < 1.29 is 10.0 Å². The van der Waals surface area contributed by atoms with Crippen molar-refractivity contribution in [2.75, 3.05) is 11.9 Å². The summed E-state index contributed by atoms with van der Waals surface area (Å²) >= 11 is 0. The van der Waals surface area contributed by atoms with Gasteiger partial charge in [0.25, 0.3) is 0 Å². The van der Waals surface area contributed by atoms with Gasteiger partial charge in [0.1, 0.15) is 5.69 Å². The minimum absolute atomic E-state index is 0.00257. The molecule has 7 nitrogen and oxygen atoms in total. The molecule has 1 heterocycles. The molecule has 1 saturated carbocycles. The van der Waals surface area contributed by atoms with Crippen LogP contribution in [0.25, 0.3) is 0 Å². The summed E-state index contributed by atoms with van der Waals surface area (Å²) in [5, 5.41) is 27.8. The average molecular weight is 254 g/mol. The monoisotopic (exact) mass is 254 g/mol. The molecule has 0 amide bonds. The van der Waals surface area contributed by atoms with Gasteiger partial charge in [0.2, 0.25) is 5.82 Å². The standard InChI is InChI=1S/C11H18N4O3/c1-8-9(15(17)18)10(14(2)13-8)12-11(7-16)5-3-4-6-11/h12,16H,3-7H2,1-2H3. The zero-order valence-corrected chi connectivity index (χ0v) is 10.6. The Bertz CT molecular complexity index is 463. The van der Waals surface area contributed by atoms with Crippen LogP contribution in [0.2, 0.25) is 0 Å². The van der Waals surface area contributed by atoms with E-state index in [9.17, 15) is 15.2 Å². The summed E-state index contributed by atoms with van der Waals surface area (Å²) in [7, 11) is 1.67. The molecule has 0 unspecified atom stereocenters. The van der Waals surface area contributed by atoms with E-state index in [2.05, 4.69) is 10.4 Å². The van der Waals surface area contributed by atoms with Crippen molar-refractivity contribution in [3.63, 3.8) is 0 Å². The summed E-state index contributed by atoms with van der Waals surface area (Å²) in [5.74, 6) is 0.383. The summed E-state index contributed by atoms with van der Waals surface area (Å²) in [6.45, 7) is 1.60. The van der Waals surface area contributed by atoms with E-state index in [1.54, 1.807) is 14.0 Å². The molecule has 0 aromatic carbocycles. The molecule has 0 spiro atoms. The van der Waals surface area contributed by atoms with Gasteiger partial charge in [-0.3, -0.25) is 10.1 Å². The van der Waals surface area contributed by atoms with E-state index in [1.165, 1.54) is 4.68 Å². The third kappa shape index (κ3) is 2.05. The number of aliphatic hydroxyl groups is 1. The van der Waals surface area contributed by atoms with Crippen molar-refractivity contribution in [2.45, 2.75) is 38.1 Å². The van der Waals surface area contributed by atoms with E-state index >= 15 is 0 Å². The van der Waals surface area contributed by atoms with Gasteiger partial charge in [0, 0.05) is 7.05 Å². The molecule has 0 radical (unpaired) electrons. The fourth-order valence-electron chi connectivity index (χ4n) is 2.63. The molecule has 0 bridgehead atoms. The lowest BCUT2D eigenvalue weighted by Gasteiger charge is -2.28. The lowest BCUT2D eigenvalue weighted by Crippen LogP contribution is -2.39. The molecule has 0 atom stereocenters. The number of rotatable bonds is 4. The number of anilines is 1. The van der Waals surface area contributed by atoms with Crippen LogP contribution in [0.1, 0.15) is 31.4 Å². The maximum absolute atomic E-state index is 11.1. The predicted molar refractivity (Wildman–Crippen MR) is 66.5 cm³/mol. The van der Waals surface area contributed by atoms with Crippen LogP contribution >= 0.6 is 0 Å². The molecule has 1 aromatic heterocycles. The van der Waals surface area contributed by atoms with Gasteiger partial charge >= 0.3 is 5.69 Å². The Morgan fingerprint density at radius 3 is 2.67 bits per heavy atom. The summed E-state index contributed by atoms with van der Waals surface area (Å²) in [6, 6.07) is 0. The second-order valence-corrected chi connectivity index (χ2v) is 4.93. The minimum atomic E-state index is -0.439. The quantitative estimate of drug-likeness (QED) is 0.625. The first-order valence-electron chi connectivity index (χ1n) is 6.06. The van der Waals surface area contributed by atoms with Crippen LogP contribution in [0.15, 0.2) is 0 Å². The lowest BCUT2D eigenvalue weighted by atomic mass is 9.99. The molecule has 1 fully saturated rings. The normalized spacial score (nSPS) is 17.9. The first kappa shape index (κ1) is 12.8. The average Bonchev–Trinajstić information content (AvgIpc) is 2.86. The van der Waals surface area contributed by atoms with Crippen LogP contribution in [-0.2, 0) is 7.05 Å². The number of nitrogens with one attached hydrogen (secondary N) is 1. The Kier molecular flexibility index (Phi) is 3.25. The van der Waals surface area contributed by atoms with Crippen molar-refractivity contribution in [3.05, 3.63) is 15.8 Å². The first-order chi connectivity index (χ1) is 8.49. The Hall–Kier alpha value is -1.63. The van der Waals surface area contributed by atoms with Crippen LogP contribution in [0.5, 0.6) is 0 Å². The van der Waals surface area contributed by atoms with Gasteiger partial charge in [-0.15, -0.1) is 0 Å². The van der Waals surface area contributed by atoms with Crippen molar-refractivity contribution in [2.24, 2.45) is 7.05 Å². The number of hydrogen-bond donors (Lipinski definition) is 2. The van der Waals surface area contributed by atoms with Gasteiger partial charge in [0.15, 0.2) is 0 Å². The van der Waals surface area contributed by atoms with Gasteiger partial charge in [0.05, 0.1) is 17.1 Å². The zero-order valence-electron chi connectivity index (χ0n) is 10.6. The number of aromatic nitrogens is 2. The third-order valence-corrected chi connectivity index (χ3v) is 3.62. The molecule has 0 saturated heterocycles. The van der Waals surface area contributed by atoms with E-state index in [0.29, 0.717) is 11.5 Å². The summed E-state index contributed by atoms with van der Waals surface area (Å²) < 4.78 is 1.48. The number of nitro groups is 1. The highest BCUT2D eigenvalue weighted by atomic mass is 16.6. The van der Waals surface area contributed by atoms with E-state index < -0.39 is 10.5 Å². The Balaban J connectivity index is 2.36. The molecular weight excluding hydrogens is 236 g/mol. The van der Waals surface area contributed by atoms with Crippen molar-refractivity contribution in [1.82, 2.24) is 9.78 Å². The number of hydrogen-bond acceptors (Lipinski definition) is 5. The zero-order chi connectivity index (χ0) is 13.3. The predicted octanol–water partition coefficient (Wildman–Crippen LogP) is 1.35. The second kappa shape index (κ2) is 4.56. The Labute approximate surface area is 105 Å². The molecule has 18 heavy (non-hydrogen) atoms. The van der Waals surface area contributed by atoms with Gasteiger partial charge in [-0.25, -0.2) is 4.68 Å². The number of aryl methyl sites for hydroxylation is 2. The van der Waals surface area contributed by atoms with Crippen LogP contribution in [0.3, 0.4) is 0 Å². The molecule has 2 rings (SSSR count). The molecule has 0 aliphatic heterocycles. The SMILES string of the molecule is Cc1nn(C)c(NC2(CO)CCCC2)c1[N+](=O)[O-]. The second-order valence-electron chi connectivity index (χ2n) is 4.93. The summed E-state index contributed by atoms with van der Waals surface area (Å²) in [6.07, 6.45) is 3.70. The fourth-order valence-corrected chi connectivity index (χ4v) is 2.63. The van der Waals surface area contributed by atoms with Crippen LogP contribution < -0.4 is 5.32 Å². The van der Waals surface area contributed by atoms with Crippen LogP contribution in [0, 0.1) is 17.0 Å². The Morgan fingerprint density at radius 2 is 2.17 bits per heavy atom. The van der Waals surface area contributed by atoms with Crippen molar-refractivity contribution in [1.29, 1.82) is 0 Å². The number of nitrogens with zero attached hydrogens (tertiary/aromatic N) is 3. The van der Waals surface area contributed by atoms with E-state index in [1.807, 2.05) is 0 Å². The number of aliphatic hydroxyl groups excluding tert-OH is 1. The molecular formula is C11H18N4O3. The van der Waals surface area contributed by atoms with Crippen LogP contribution in [0.4, 0.5) is 11.5 Å². The summed E-state index contributed by atoms with van der Waals surface area (Å²) in [4.78, 5) is 10.6. The first-order valence-corrected chi connectivity index (χ1v) is 6.06. The van der Waals surface area contributed by atoms with Gasteiger partial charge < -0.3 is 10.4 Å². The molecule has 1 aliphatic rings. The van der Waals surface area contributed by atoms with Crippen molar-refractivity contribution >= 4 is 11.5 Å². The van der Waals surface area contributed by atoms with Gasteiger partial charge in [-0.05, 0) is 19.8 Å². The largest absolute Gasteiger partial charge is 0.394 e. The lowest BCUT2D eigenvalue weighted by molar-refractivity contribution is -0.384. The van der Waals surface area contributed by atoms with Gasteiger partial charge in [-0.1, -0.05) is 12.8 Å². The van der Waals surface area contributed by atoms with Crippen molar-refractivity contribution in [3.8, 4) is 0 Å². The maximum Gasteiger partial charge on any atom is 0.333 e.